The van der Waals surface area contributed by atoms with Crippen LogP contribution in [0.15, 0.2) is 42.5 Å². The van der Waals surface area contributed by atoms with Crippen molar-refractivity contribution in [2.24, 2.45) is 0 Å². The van der Waals surface area contributed by atoms with Crippen molar-refractivity contribution in [1.82, 2.24) is 0 Å². The molecule has 0 aliphatic heterocycles. The number of hydrogen-bond acceptors (Lipinski definition) is 2. The van der Waals surface area contributed by atoms with E-state index in [0.717, 1.165) is 11.6 Å². The molecule has 0 heterocycles. The first-order chi connectivity index (χ1) is 8.15. The van der Waals surface area contributed by atoms with E-state index in [1.165, 1.54) is 12.1 Å². The molecule has 5 heteroatoms. The average Bonchev–Trinajstić information content (AvgIpc) is 2.29. The van der Waals surface area contributed by atoms with E-state index >= 15 is 0 Å². The Bertz CT molecular complexity index is 541. The number of aryl methyl sites for hydroxylation is 1. The molecule has 0 unspecified atom stereocenters. The summed E-state index contributed by atoms with van der Waals surface area (Å²) in [5.41, 5.74) is 1.49. The number of carbonyl (C=O) groups excluding carboxylic acids is 1. The third kappa shape index (κ3) is 5.91. The maximum absolute atomic E-state index is 12.8. The third-order valence-electron chi connectivity index (χ3n) is 2.24. The Balaban J connectivity index is 0.00000162. The molecule has 0 aromatic heterocycles. The van der Waals surface area contributed by atoms with Crippen molar-refractivity contribution in [3.8, 4) is 5.75 Å². The first-order valence-electron chi connectivity index (χ1n) is 5.11. The first-order valence-corrected chi connectivity index (χ1v) is 5.11. The summed E-state index contributed by atoms with van der Waals surface area (Å²) in [5, 5.41) is 0. The molecule has 0 spiro atoms. The topological polar surface area (TPSA) is 26.3 Å². The largest absolute Gasteiger partial charge is 0.450 e. The quantitative estimate of drug-likeness (QED) is 0.435. The van der Waals surface area contributed by atoms with Crippen LogP contribution in [0.3, 0.4) is 0 Å². The van der Waals surface area contributed by atoms with Gasteiger partial charge < -0.3 is 4.74 Å². The summed E-state index contributed by atoms with van der Waals surface area (Å²) in [4.78, 5) is 11.7. The van der Waals surface area contributed by atoms with Gasteiger partial charge in [0, 0.05) is 77.0 Å². The zero-order chi connectivity index (χ0) is 12.3. The van der Waals surface area contributed by atoms with Crippen molar-refractivity contribution in [3.63, 3.8) is 0 Å². The van der Waals surface area contributed by atoms with Crippen LogP contribution in [0.2, 0.25) is 0 Å². The van der Waals surface area contributed by atoms with Crippen LogP contribution in [0.1, 0.15) is 15.9 Å². The Labute approximate surface area is 161 Å². The fraction of sp³-hybridized carbons (Fsp3) is 0.0714. The Morgan fingerprint density at radius 2 is 1.79 bits per heavy atom. The molecule has 0 aliphatic rings. The standard InChI is InChI=1S/C14H10FO2.2Y/c1-10-5-7-11(8-6-10)14(16)17-13-4-2-3-12(15)9-13;;/h2,4-9H,1H3;;/q-1;;. The van der Waals surface area contributed by atoms with E-state index in [0.29, 0.717) is 5.56 Å². The molecule has 0 fully saturated rings. The van der Waals surface area contributed by atoms with E-state index in [1.54, 1.807) is 12.1 Å². The van der Waals surface area contributed by atoms with E-state index in [9.17, 15) is 9.18 Å². The van der Waals surface area contributed by atoms with Crippen molar-refractivity contribution in [3.05, 3.63) is 65.5 Å². The normalized spacial score (nSPS) is 8.95. The molecule has 0 saturated heterocycles. The summed E-state index contributed by atoms with van der Waals surface area (Å²) in [6.45, 7) is 1.93. The summed E-state index contributed by atoms with van der Waals surface area (Å²) < 4.78 is 17.8. The van der Waals surface area contributed by atoms with Crippen molar-refractivity contribution in [2.75, 3.05) is 0 Å². The van der Waals surface area contributed by atoms with Crippen LogP contribution in [-0.2, 0) is 65.4 Å². The number of ether oxygens (including phenoxy) is 1. The van der Waals surface area contributed by atoms with Gasteiger partial charge in [-0.15, -0.1) is 12.1 Å². The van der Waals surface area contributed by atoms with Crippen LogP contribution in [0, 0.1) is 18.8 Å². The number of benzene rings is 2. The molecule has 0 saturated carbocycles. The maximum Gasteiger partial charge on any atom is 0.341 e. The molecule has 2 aromatic carbocycles. The Morgan fingerprint density at radius 1 is 1.16 bits per heavy atom. The van der Waals surface area contributed by atoms with Crippen molar-refractivity contribution < 1.29 is 79.3 Å². The SMILES string of the molecule is Cc1ccc(C(=O)Oc2cc[c-]c(F)c2)cc1.[Y].[Y]. The second-order valence-electron chi connectivity index (χ2n) is 3.63. The van der Waals surface area contributed by atoms with Gasteiger partial charge in [0.2, 0.25) is 0 Å². The van der Waals surface area contributed by atoms with Gasteiger partial charge in [-0.1, -0.05) is 23.8 Å². The molecule has 0 amide bonds. The van der Waals surface area contributed by atoms with Gasteiger partial charge in [-0.3, -0.25) is 0 Å². The molecular weight excluding hydrogens is 397 g/mol. The second-order valence-corrected chi connectivity index (χ2v) is 3.63. The molecular formula is C14H10FO2Y2-. The smallest absolute Gasteiger partial charge is 0.341 e. The van der Waals surface area contributed by atoms with E-state index in [-0.39, 0.29) is 71.2 Å². The summed E-state index contributed by atoms with van der Waals surface area (Å²) in [5.74, 6) is -0.887. The van der Waals surface area contributed by atoms with E-state index in [1.807, 2.05) is 19.1 Å². The van der Waals surface area contributed by atoms with E-state index < -0.39 is 11.8 Å². The second kappa shape index (κ2) is 9.07. The van der Waals surface area contributed by atoms with Gasteiger partial charge in [-0.05, 0) is 19.1 Å². The molecule has 0 bridgehead atoms. The van der Waals surface area contributed by atoms with Crippen LogP contribution < -0.4 is 4.74 Å². The number of halogens is 1. The number of carbonyl (C=O) groups is 1. The molecule has 0 aliphatic carbocycles. The van der Waals surface area contributed by atoms with Gasteiger partial charge in [0.05, 0.1) is 5.56 Å². The van der Waals surface area contributed by atoms with Crippen LogP contribution in [0.4, 0.5) is 4.39 Å². The van der Waals surface area contributed by atoms with E-state index in [2.05, 4.69) is 6.07 Å². The van der Waals surface area contributed by atoms with E-state index in [4.69, 9.17) is 4.74 Å². The minimum Gasteiger partial charge on any atom is -0.450 e. The Morgan fingerprint density at radius 3 is 2.37 bits per heavy atom. The zero-order valence-electron chi connectivity index (χ0n) is 10.4. The molecule has 0 N–H and O–H groups in total. The third-order valence-corrected chi connectivity index (χ3v) is 2.24. The minimum absolute atomic E-state index is 0. The summed E-state index contributed by atoms with van der Waals surface area (Å²) in [6.07, 6.45) is 0. The summed E-state index contributed by atoms with van der Waals surface area (Å²) in [6, 6.07) is 13.3. The van der Waals surface area contributed by atoms with Crippen LogP contribution in [-0.4, -0.2) is 5.97 Å². The number of esters is 1. The first kappa shape index (κ1) is 19.0. The molecule has 19 heavy (non-hydrogen) atoms. The Hall–Kier alpha value is 0.0478. The molecule has 2 nitrogen and oxygen atoms in total. The summed E-state index contributed by atoms with van der Waals surface area (Å²) >= 11 is 0. The fourth-order valence-corrected chi connectivity index (χ4v) is 1.34. The molecule has 0 atom stereocenters. The molecule has 2 rings (SSSR count). The fourth-order valence-electron chi connectivity index (χ4n) is 1.34. The average molecular weight is 407 g/mol. The van der Waals surface area contributed by atoms with Crippen molar-refractivity contribution in [1.29, 1.82) is 0 Å². The molecule has 92 valence electrons. The van der Waals surface area contributed by atoms with Gasteiger partial charge in [-0.25, -0.2) is 9.18 Å². The monoisotopic (exact) mass is 407 g/mol. The van der Waals surface area contributed by atoms with Gasteiger partial charge in [0.1, 0.15) is 0 Å². The van der Waals surface area contributed by atoms with Gasteiger partial charge in [0.15, 0.2) is 0 Å². The van der Waals surface area contributed by atoms with Crippen LogP contribution in [0.5, 0.6) is 5.75 Å². The van der Waals surface area contributed by atoms with Gasteiger partial charge >= 0.3 is 5.97 Å². The van der Waals surface area contributed by atoms with Gasteiger partial charge in [-0.2, -0.15) is 6.07 Å². The van der Waals surface area contributed by atoms with Crippen molar-refractivity contribution in [2.45, 2.75) is 6.92 Å². The predicted molar refractivity (Wildman–Crippen MR) is 61.4 cm³/mol. The van der Waals surface area contributed by atoms with Crippen molar-refractivity contribution >= 4 is 5.97 Å². The Kier molecular flexibility index (Phi) is 9.09. The van der Waals surface area contributed by atoms with Crippen LogP contribution in [0.25, 0.3) is 0 Å². The van der Waals surface area contributed by atoms with Gasteiger partial charge in [0.25, 0.3) is 0 Å². The summed E-state index contributed by atoms with van der Waals surface area (Å²) in [7, 11) is 0. The maximum atomic E-state index is 12.8. The van der Waals surface area contributed by atoms with Crippen LogP contribution >= 0.6 is 0 Å². The molecule has 2 aromatic rings. The predicted octanol–water partition coefficient (Wildman–Crippen LogP) is 3.15. The number of hydrogen-bond donors (Lipinski definition) is 0. The minimum atomic E-state index is -0.556. The molecule has 2 radical (unpaired) electrons. The number of rotatable bonds is 2. The zero-order valence-corrected chi connectivity index (χ0v) is 16.1.